The van der Waals surface area contributed by atoms with Crippen LogP contribution in [0.4, 0.5) is 0 Å². The highest BCUT2D eigenvalue weighted by Crippen LogP contribution is 2.35. The van der Waals surface area contributed by atoms with Crippen molar-refractivity contribution >= 4 is 43.8 Å². The van der Waals surface area contributed by atoms with Gasteiger partial charge in [-0.3, -0.25) is 4.79 Å². The highest BCUT2D eigenvalue weighted by Gasteiger charge is 2.06. The van der Waals surface area contributed by atoms with Crippen molar-refractivity contribution in [3.8, 4) is 5.06 Å². The van der Waals surface area contributed by atoms with E-state index in [1.165, 1.54) is 16.9 Å². The van der Waals surface area contributed by atoms with E-state index in [1.807, 2.05) is 25.1 Å². The lowest BCUT2D eigenvalue weighted by Gasteiger charge is -1.97. The molecule has 2 rings (SSSR count). The summed E-state index contributed by atoms with van der Waals surface area (Å²) in [5.74, 6) is 0. The van der Waals surface area contributed by atoms with Crippen LogP contribution in [-0.4, -0.2) is 6.47 Å². The molecule has 1 heterocycles. The number of ether oxygens (including phenoxy) is 1. The third-order valence-corrected chi connectivity index (χ3v) is 3.90. The lowest BCUT2D eigenvalue weighted by atomic mass is 10.1. The summed E-state index contributed by atoms with van der Waals surface area (Å²) in [4.78, 5) is 10.2. The van der Waals surface area contributed by atoms with Crippen LogP contribution in [0.3, 0.4) is 0 Å². The minimum atomic E-state index is 0.453. The number of carbonyl (C=O) groups excluding carboxylic acids is 1. The van der Waals surface area contributed by atoms with Crippen LogP contribution >= 0.6 is 27.3 Å². The predicted octanol–water partition coefficient (Wildman–Crippen LogP) is 3.51. The number of benzene rings is 1. The van der Waals surface area contributed by atoms with Gasteiger partial charge in [-0.2, -0.15) is 0 Å². The molecule has 1 aromatic heterocycles. The average Bonchev–Trinajstić information content (AvgIpc) is 2.56. The van der Waals surface area contributed by atoms with E-state index in [2.05, 4.69) is 15.9 Å². The maximum absolute atomic E-state index is 10.2. The van der Waals surface area contributed by atoms with Crippen molar-refractivity contribution in [3.63, 3.8) is 0 Å². The highest BCUT2D eigenvalue weighted by molar-refractivity contribution is 9.10. The first-order valence-corrected chi connectivity index (χ1v) is 5.62. The van der Waals surface area contributed by atoms with E-state index >= 15 is 0 Å². The SMILES string of the molecule is Cc1c(Br)ccc2sc(OC=O)cc12. The largest absolute Gasteiger partial charge is 0.418 e. The smallest absolute Gasteiger partial charge is 0.299 e. The van der Waals surface area contributed by atoms with E-state index < -0.39 is 0 Å². The zero-order chi connectivity index (χ0) is 10.1. The maximum Gasteiger partial charge on any atom is 0.299 e. The number of hydrogen-bond donors (Lipinski definition) is 0. The summed E-state index contributed by atoms with van der Waals surface area (Å²) < 4.78 is 7.01. The van der Waals surface area contributed by atoms with Gasteiger partial charge in [0.05, 0.1) is 0 Å². The number of thiophene rings is 1. The summed E-state index contributed by atoms with van der Waals surface area (Å²) in [6.07, 6.45) is 0. The van der Waals surface area contributed by atoms with Crippen molar-refractivity contribution < 1.29 is 9.53 Å². The molecule has 0 fully saturated rings. The Morgan fingerprint density at radius 1 is 1.50 bits per heavy atom. The highest BCUT2D eigenvalue weighted by atomic mass is 79.9. The molecule has 0 aliphatic carbocycles. The molecule has 4 heteroatoms. The molecule has 0 unspecified atom stereocenters. The van der Waals surface area contributed by atoms with Crippen molar-refractivity contribution in [2.75, 3.05) is 0 Å². The van der Waals surface area contributed by atoms with Gasteiger partial charge in [-0.05, 0) is 24.6 Å². The molecule has 0 N–H and O–H groups in total. The maximum atomic E-state index is 10.2. The lowest BCUT2D eigenvalue weighted by Crippen LogP contribution is -1.82. The van der Waals surface area contributed by atoms with E-state index in [0.717, 1.165) is 14.6 Å². The average molecular weight is 271 g/mol. The first-order valence-electron chi connectivity index (χ1n) is 4.01. The standard InChI is InChI=1S/C10H7BrO2S/c1-6-7-4-10(13-5-12)14-9(7)3-2-8(6)11/h2-5H,1H3. The molecule has 0 spiro atoms. The zero-order valence-corrected chi connectivity index (χ0v) is 9.81. The van der Waals surface area contributed by atoms with Crippen LogP contribution < -0.4 is 4.74 Å². The molecule has 0 amide bonds. The van der Waals surface area contributed by atoms with Crippen LogP contribution in [0.15, 0.2) is 22.7 Å². The molecule has 0 aliphatic heterocycles. The fourth-order valence-electron chi connectivity index (χ4n) is 1.31. The Labute approximate surface area is 93.6 Å². The Morgan fingerprint density at radius 3 is 3.00 bits per heavy atom. The lowest BCUT2D eigenvalue weighted by molar-refractivity contribution is -0.120. The van der Waals surface area contributed by atoms with Gasteiger partial charge in [0.25, 0.3) is 6.47 Å². The number of carbonyl (C=O) groups is 1. The van der Waals surface area contributed by atoms with E-state index in [0.29, 0.717) is 11.5 Å². The van der Waals surface area contributed by atoms with Gasteiger partial charge in [0.2, 0.25) is 0 Å². The fourth-order valence-corrected chi connectivity index (χ4v) is 2.59. The fraction of sp³-hybridized carbons (Fsp3) is 0.100. The molecule has 0 atom stereocenters. The van der Waals surface area contributed by atoms with Gasteiger partial charge < -0.3 is 4.74 Å². The van der Waals surface area contributed by atoms with Gasteiger partial charge in [-0.25, -0.2) is 0 Å². The minimum absolute atomic E-state index is 0.453. The van der Waals surface area contributed by atoms with E-state index in [4.69, 9.17) is 4.74 Å². The number of fused-ring (bicyclic) bond motifs is 1. The van der Waals surface area contributed by atoms with Gasteiger partial charge in [-0.1, -0.05) is 27.3 Å². The van der Waals surface area contributed by atoms with E-state index in [1.54, 1.807) is 0 Å². The molecule has 72 valence electrons. The minimum Gasteiger partial charge on any atom is -0.418 e. The summed E-state index contributed by atoms with van der Waals surface area (Å²) in [6, 6.07) is 5.89. The molecular formula is C10H7BrO2S. The third kappa shape index (κ3) is 1.55. The zero-order valence-electron chi connectivity index (χ0n) is 7.41. The molecule has 2 aromatic rings. The van der Waals surface area contributed by atoms with Gasteiger partial charge in [-0.15, -0.1) is 0 Å². The first-order chi connectivity index (χ1) is 6.72. The van der Waals surface area contributed by atoms with Crippen LogP contribution in [0.1, 0.15) is 5.56 Å². The van der Waals surface area contributed by atoms with Crippen molar-refractivity contribution in [1.29, 1.82) is 0 Å². The van der Waals surface area contributed by atoms with Crippen LogP contribution in [0.25, 0.3) is 10.1 Å². The second-order valence-electron chi connectivity index (χ2n) is 2.86. The van der Waals surface area contributed by atoms with Gasteiger partial charge in [0.15, 0.2) is 5.06 Å². The Morgan fingerprint density at radius 2 is 2.29 bits per heavy atom. The summed E-state index contributed by atoms with van der Waals surface area (Å²) in [5.41, 5.74) is 1.17. The molecule has 1 aromatic carbocycles. The van der Waals surface area contributed by atoms with Crippen LogP contribution in [0.5, 0.6) is 5.06 Å². The molecule has 0 radical (unpaired) electrons. The first kappa shape index (κ1) is 9.68. The molecule has 0 aliphatic rings. The van der Waals surface area contributed by atoms with Gasteiger partial charge in [0, 0.05) is 20.6 Å². The predicted molar refractivity (Wildman–Crippen MR) is 61.0 cm³/mol. The van der Waals surface area contributed by atoms with E-state index in [-0.39, 0.29) is 0 Å². The van der Waals surface area contributed by atoms with Crippen molar-refractivity contribution in [1.82, 2.24) is 0 Å². The normalized spacial score (nSPS) is 10.4. The third-order valence-electron chi connectivity index (χ3n) is 2.05. The topological polar surface area (TPSA) is 26.3 Å². The van der Waals surface area contributed by atoms with Crippen LogP contribution in [0, 0.1) is 6.92 Å². The van der Waals surface area contributed by atoms with Crippen molar-refractivity contribution in [3.05, 3.63) is 28.2 Å². The second-order valence-corrected chi connectivity index (χ2v) is 4.76. The molecule has 0 saturated carbocycles. The molecule has 2 nitrogen and oxygen atoms in total. The number of halogens is 1. The van der Waals surface area contributed by atoms with E-state index in [9.17, 15) is 4.79 Å². The Balaban J connectivity index is 2.64. The second kappa shape index (κ2) is 3.71. The summed E-state index contributed by atoms with van der Waals surface area (Å²) in [7, 11) is 0. The van der Waals surface area contributed by atoms with Crippen molar-refractivity contribution in [2.24, 2.45) is 0 Å². The van der Waals surface area contributed by atoms with Crippen LogP contribution in [-0.2, 0) is 4.79 Å². The summed E-state index contributed by atoms with van der Waals surface area (Å²) in [6.45, 7) is 2.49. The Hall–Kier alpha value is -0.870. The Kier molecular flexibility index (Phi) is 2.56. The monoisotopic (exact) mass is 270 g/mol. The summed E-state index contributed by atoms with van der Waals surface area (Å²) >= 11 is 4.93. The van der Waals surface area contributed by atoms with Crippen LogP contribution in [0.2, 0.25) is 0 Å². The van der Waals surface area contributed by atoms with Gasteiger partial charge >= 0.3 is 0 Å². The molecular weight excluding hydrogens is 264 g/mol. The molecule has 0 saturated heterocycles. The molecule has 14 heavy (non-hydrogen) atoms. The quantitative estimate of drug-likeness (QED) is 0.781. The Bertz CT molecular complexity index is 490. The number of aryl methyl sites for hydroxylation is 1. The van der Waals surface area contributed by atoms with Crippen molar-refractivity contribution in [2.45, 2.75) is 6.92 Å². The summed E-state index contributed by atoms with van der Waals surface area (Å²) in [5, 5.41) is 1.76. The number of rotatable bonds is 2. The number of hydrogen-bond acceptors (Lipinski definition) is 3. The molecule has 0 bridgehead atoms. The van der Waals surface area contributed by atoms with Gasteiger partial charge in [0.1, 0.15) is 0 Å².